The maximum Gasteiger partial charge on any atom is 0.307 e. The number of furan rings is 1. The predicted octanol–water partition coefficient (Wildman–Crippen LogP) is 7.14. The zero-order chi connectivity index (χ0) is 25.7. The number of carbonyl (C=O) groups is 1. The van der Waals surface area contributed by atoms with E-state index in [1.54, 1.807) is 54.6 Å². The number of nitrogens with zero attached hydrogens (tertiary/aromatic N) is 1. The highest BCUT2D eigenvalue weighted by molar-refractivity contribution is 6.35. The number of ether oxygens (including phenoxy) is 3. The van der Waals surface area contributed by atoms with Crippen LogP contribution in [0.5, 0.6) is 17.2 Å². The number of carbonyl (C=O) groups excluding carboxylic acids is 1. The molecule has 4 aromatic rings. The number of fused-ring (bicyclic) bond motifs is 1. The van der Waals surface area contributed by atoms with E-state index >= 15 is 0 Å². The van der Waals surface area contributed by atoms with Crippen LogP contribution in [-0.2, 0) is 6.61 Å². The van der Waals surface area contributed by atoms with Crippen molar-refractivity contribution in [2.24, 2.45) is 5.10 Å². The van der Waals surface area contributed by atoms with Gasteiger partial charge in [-0.25, -0.2) is 5.43 Å². The first-order chi connectivity index (χ1) is 17.4. The molecule has 0 fully saturated rings. The summed E-state index contributed by atoms with van der Waals surface area (Å²) in [5, 5.41) is 6.07. The standard InChI is InChI=1S/C26H21Cl3N2O5/c1-3-34-19-6-7-22-17(10-19)11-24(36-22)26(32)31-30-13-15-8-21(29)25(23(9-15)33-2)35-14-16-4-5-18(27)12-20(16)28/h4-13H,3,14H2,1-2H3,(H,31,32)/b30-13+. The van der Waals surface area contributed by atoms with Gasteiger partial charge in [-0.05, 0) is 61.0 Å². The first-order valence-electron chi connectivity index (χ1n) is 10.8. The van der Waals surface area contributed by atoms with Crippen LogP contribution in [0.15, 0.2) is 64.1 Å². The van der Waals surface area contributed by atoms with Crippen LogP contribution in [0.25, 0.3) is 11.0 Å². The Labute approximate surface area is 222 Å². The molecule has 0 saturated heterocycles. The van der Waals surface area contributed by atoms with Crippen molar-refractivity contribution in [3.63, 3.8) is 0 Å². The van der Waals surface area contributed by atoms with E-state index in [9.17, 15) is 4.79 Å². The van der Waals surface area contributed by atoms with Gasteiger partial charge in [0.2, 0.25) is 0 Å². The third kappa shape index (κ3) is 6.05. The minimum Gasteiger partial charge on any atom is -0.494 e. The van der Waals surface area contributed by atoms with Gasteiger partial charge in [0.1, 0.15) is 17.9 Å². The average molecular weight is 548 g/mol. The van der Waals surface area contributed by atoms with Crippen LogP contribution in [0.3, 0.4) is 0 Å². The maximum absolute atomic E-state index is 12.5. The summed E-state index contributed by atoms with van der Waals surface area (Å²) in [5.41, 5.74) is 4.34. The van der Waals surface area contributed by atoms with Gasteiger partial charge in [-0.2, -0.15) is 5.10 Å². The Bertz CT molecular complexity index is 1430. The lowest BCUT2D eigenvalue weighted by molar-refractivity contribution is 0.0929. The van der Waals surface area contributed by atoms with Crippen molar-refractivity contribution in [2.45, 2.75) is 13.5 Å². The van der Waals surface area contributed by atoms with Crippen molar-refractivity contribution < 1.29 is 23.4 Å². The quantitative estimate of drug-likeness (QED) is 0.178. The number of halogens is 3. The van der Waals surface area contributed by atoms with Gasteiger partial charge >= 0.3 is 5.91 Å². The number of benzene rings is 3. The molecule has 1 amide bonds. The Morgan fingerprint density at radius 3 is 2.61 bits per heavy atom. The zero-order valence-corrected chi connectivity index (χ0v) is 21.6. The number of nitrogens with one attached hydrogen (secondary N) is 1. The molecule has 0 bridgehead atoms. The van der Waals surface area contributed by atoms with Crippen LogP contribution in [-0.4, -0.2) is 25.8 Å². The number of hydrazone groups is 1. The molecule has 0 radical (unpaired) electrons. The van der Waals surface area contributed by atoms with E-state index in [-0.39, 0.29) is 12.4 Å². The van der Waals surface area contributed by atoms with E-state index in [0.717, 1.165) is 10.9 Å². The fraction of sp³-hybridized carbons (Fsp3) is 0.154. The van der Waals surface area contributed by atoms with Crippen molar-refractivity contribution in [1.82, 2.24) is 5.43 Å². The highest BCUT2D eigenvalue weighted by Gasteiger charge is 2.14. The van der Waals surface area contributed by atoms with Crippen molar-refractivity contribution in [3.05, 3.63) is 86.6 Å². The SMILES string of the molecule is CCOc1ccc2oc(C(=O)N/N=C/c3cc(Cl)c(OCc4ccc(Cl)cc4Cl)c(OC)c3)cc2c1. The van der Waals surface area contributed by atoms with Gasteiger partial charge in [-0.3, -0.25) is 4.79 Å². The Morgan fingerprint density at radius 2 is 1.86 bits per heavy atom. The van der Waals surface area contributed by atoms with Gasteiger partial charge in [0.05, 0.1) is 25.0 Å². The predicted molar refractivity (Wildman–Crippen MR) is 141 cm³/mol. The zero-order valence-electron chi connectivity index (χ0n) is 19.3. The average Bonchev–Trinajstić information content (AvgIpc) is 3.28. The van der Waals surface area contributed by atoms with Crippen LogP contribution < -0.4 is 19.6 Å². The Kier molecular flexibility index (Phi) is 8.25. The van der Waals surface area contributed by atoms with Crippen molar-refractivity contribution in [1.29, 1.82) is 0 Å². The molecule has 0 saturated carbocycles. The number of rotatable bonds is 9. The van der Waals surface area contributed by atoms with Gasteiger partial charge in [-0.15, -0.1) is 0 Å². The van der Waals surface area contributed by atoms with E-state index in [1.807, 2.05) is 6.92 Å². The summed E-state index contributed by atoms with van der Waals surface area (Å²) in [6.07, 6.45) is 1.43. The van der Waals surface area contributed by atoms with Gasteiger partial charge in [-0.1, -0.05) is 40.9 Å². The summed E-state index contributed by atoms with van der Waals surface area (Å²) < 4.78 is 22.4. The van der Waals surface area contributed by atoms with Crippen molar-refractivity contribution in [2.75, 3.05) is 13.7 Å². The summed E-state index contributed by atoms with van der Waals surface area (Å²) in [6, 6.07) is 15.4. The topological polar surface area (TPSA) is 82.3 Å². The highest BCUT2D eigenvalue weighted by Crippen LogP contribution is 2.37. The van der Waals surface area contributed by atoms with E-state index in [1.165, 1.54) is 13.3 Å². The molecular weight excluding hydrogens is 527 g/mol. The maximum atomic E-state index is 12.5. The summed E-state index contributed by atoms with van der Waals surface area (Å²) in [5.74, 6) is 1.06. The summed E-state index contributed by atoms with van der Waals surface area (Å²) in [6.45, 7) is 2.61. The molecule has 0 aliphatic heterocycles. The summed E-state index contributed by atoms with van der Waals surface area (Å²) in [7, 11) is 1.50. The fourth-order valence-corrected chi connectivity index (χ4v) is 4.09. The number of methoxy groups -OCH3 is 1. The molecule has 0 aliphatic rings. The minimum atomic E-state index is -0.502. The lowest BCUT2D eigenvalue weighted by Gasteiger charge is -2.14. The van der Waals surface area contributed by atoms with Crippen molar-refractivity contribution >= 4 is 57.9 Å². The van der Waals surface area contributed by atoms with Crippen LogP contribution in [0, 0.1) is 0 Å². The number of hydrogen-bond donors (Lipinski definition) is 1. The summed E-state index contributed by atoms with van der Waals surface area (Å²) in [4.78, 5) is 12.5. The third-order valence-electron chi connectivity index (χ3n) is 5.04. The van der Waals surface area contributed by atoms with Crippen LogP contribution in [0.1, 0.15) is 28.6 Å². The van der Waals surface area contributed by atoms with Gasteiger partial charge in [0.25, 0.3) is 0 Å². The second-order valence-electron chi connectivity index (χ2n) is 7.50. The smallest absolute Gasteiger partial charge is 0.307 e. The molecule has 0 spiro atoms. The van der Waals surface area contributed by atoms with E-state index in [4.69, 9.17) is 53.4 Å². The van der Waals surface area contributed by atoms with Crippen molar-refractivity contribution in [3.8, 4) is 17.2 Å². The third-order valence-corrected chi connectivity index (χ3v) is 5.91. The first kappa shape index (κ1) is 25.7. The molecule has 7 nitrogen and oxygen atoms in total. The monoisotopic (exact) mass is 546 g/mol. The van der Waals surface area contributed by atoms with E-state index in [0.29, 0.717) is 50.1 Å². The van der Waals surface area contributed by atoms with Gasteiger partial charge in [0.15, 0.2) is 17.3 Å². The number of amides is 1. The molecule has 0 aliphatic carbocycles. The molecule has 10 heteroatoms. The molecule has 0 unspecified atom stereocenters. The van der Waals surface area contributed by atoms with Crippen LogP contribution >= 0.6 is 34.8 Å². The Balaban J connectivity index is 1.43. The molecule has 1 aromatic heterocycles. The fourth-order valence-electron chi connectivity index (χ4n) is 3.35. The number of hydrogen-bond acceptors (Lipinski definition) is 6. The molecule has 3 aromatic carbocycles. The van der Waals surface area contributed by atoms with E-state index in [2.05, 4.69) is 10.5 Å². The highest BCUT2D eigenvalue weighted by atomic mass is 35.5. The largest absolute Gasteiger partial charge is 0.494 e. The molecular formula is C26H21Cl3N2O5. The lowest BCUT2D eigenvalue weighted by Crippen LogP contribution is -2.16. The second kappa shape index (κ2) is 11.6. The molecule has 186 valence electrons. The van der Waals surface area contributed by atoms with Gasteiger partial charge < -0.3 is 18.6 Å². The molecule has 4 rings (SSSR count). The normalized spacial score (nSPS) is 11.1. The lowest BCUT2D eigenvalue weighted by atomic mass is 10.2. The minimum absolute atomic E-state index is 0.121. The summed E-state index contributed by atoms with van der Waals surface area (Å²) >= 11 is 18.6. The molecule has 1 heterocycles. The Hall–Kier alpha value is -3.39. The van der Waals surface area contributed by atoms with Crippen LogP contribution in [0.4, 0.5) is 0 Å². The molecule has 1 N–H and O–H groups in total. The second-order valence-corrected chi connectivity index (χ2v) is 8.75. The van der Waals surface area contributed by atoms with Gasteiger partial charge in [0, 0.05) is 21.0 Å². The first-order valence-corrected chi connectivity index (χ1v) is 12.0. The Morgan fingerprint density at radius 1 is 1.03 bits per heavy atom. The van der Waals surface area contributed by atoms with E-state index < -0.39 is 5.91 Å². The molecule has 0 atom stereocenters. The molecule has 36 heavy (non-hydrogen) atoms. The van der Waals surface area contributed by atoms with Crippen LogP contribution in [0.2, 0.25) is 15.1 Å².